The molecule has 19 heavy (non-hydrogen) atoms. The Morgan fingerprint density at radius 2 is 2.26 bits per heavy atom. The molecular weight excluding hydrogens is 273 g/mol. The first-order valence-corrected chi connectivity index (χ1v) is 6.08. The smallest absolute Gasteiger partial charge is 0.255 e. The second-order valence-electron chi connectivity index (χ2n) is 3.83. The van der Waals surface area contributed by atoms with Gasteiger partial charge in [0.1, 0.15) is 11.7 Å². The predicted molar refractivity (Wildman–Crippen MR) is 71.0 cm³/mol. The summed E-state index contributed by atoms with van der Waals surface area (Å²) in [6.45, 7) is 2.44. The van der Waals surface area contributed by atoms with Crippen molar-refractivity contribution in [1.82, 2.24) is 4.90 Å². The van der Waals surface area contributed by atoms with Gasteiger partial charge in [0, 0.05) is 19.5 Å². The maximum Gasteiger partial charge on any atom is 0.255 e. The highest BCUT2D eigenvalue weighted by Crippen LogP contribution is 2.21. The number of hydrogen-bond acceptors (Lipinski definition) is 3. The number of rotatable bonds is 5. The van der Waals surface area contributed by atoms with Crippen LogP contribution in [0.2, 0.25) is 5.02 Å². The van der Waals surface area contributed by atoms with Crippen LogP contribution in [0.1, 0.15) is 23.7 Å². The summed E-state index contributed by atoms with van der Waals surface area (Å²) >= 11 is 5.77. The Labute approximate surface area is 115 Å². The summed E-state index contributed by atoms with van der Waals surface area (Å²) < 4.78 is 13.3. The van der Waals surface area contributed by atoms with Crippen molar-refractivity contribution in [2.75, 3.05) is 13.1 Å². The molecule has 1 aromatic rings. The van der Waals surface area contributed by atoms with Crippen LogP contribution in [0.4, 0.5) is 4.39 Å². The van der Waals surface area contributed by atoms with Crippen LogP contribution in [0.5, 0.6) is 0 Å². The molecule has 5 nitrogen and oxygen atoms in total. The Balaban J connectivity index is 2.87. The Kier molecular flexibility index (Phi) is 5.57. The first-order valence-electron chi connectivity index (χ1n) is 5.71. The third-order valence-corrected chi connectivity index (χ3v) is 3.00. The van der Waals surface area contributed by atoms with E-state index in [-0.39, 0.29) is 29.4 Å². The molecule has 1 rings (SSSR count). The number of oxime groups is 1. The average molecular weight is 288 g/mol. The zero-order chi connectivity index (χ0) is 14.4. The molecule has 1 amide bonds. The molecule has 1 aromatic carbocycles. The van der Waals surface area contributed by atoms with Gasteiger partial charge in [-0.15, -0.1) is 0 Å². The van der Waals surface area contributed by atoms with Crippen molar-refractivity contribution in [3.63, 3.8) is 0 Å². The number of halogens is 2. The fourth-order valence-electron chi connectivity index (χ4n) is 1.54. The van der Waals surface area contributed by atoms with Crippen LogP contribution in [0, 0.1) is 5.82 Å². The van der Waals surface area contributed by atoms with E-state index in [1.54, 1.807) is 6.92 Å². The van der Waals surface area contributed by atoms with Gasteiger partial charge in [-0.3, -0.25) is 4.79 Å². The number of benzene rings is 1. The van der Waals surface area contributed by atoms with Gasteiger partial charge in [0.15, 0.2) is 0 Å². The quantitative estimate of drug-likeness (QED) is 0.377. The normalized spacial score (nSPS) is 11.4. The van der Waals surface area contributed by atoms with Crippen molar-refractivity contribution < 1.29 is 14.4 Å². The van der Waals surface area contributed by atoms with E-state index in [0.717, 1.165) is 0 Å². The van der Waals surface area contributed by atoms with Crippen molar-refractivity contribution in [2.45, 2.75) is 13.3 Å². The zero-order valence-corrected chi connectivity index (χ0v) is 11.2. The summed E-state index contributed by atoms with van der Waals surface area (Å²) in [4.78, 5) is 13.6. The molecule has 0 fully saturated rings. The van der Waals surface area contributed by atoms with Crippen LogP contribution >= 0.6 is 11.6 Å². The maximum absolute atomic E-state index is 13.3. The minimum absolute atomic E-state index is 0.0246. The molecule has 0 spiro atoms. The molecule has 0 aromatic heterocycles. The molecule has 7 heteroatoms. The number of hydrogen-bond donors (Lipinski definition) is 2. The van der Waals surface area contributed by atoms with E-state index < -0.39 is 11.7 Å². The second kappa shape index (κ2) is 6.94. The largest absolute Gasteiger partial charge is 0.409 e. The van der Waals surface area contributed by atoms with Crippen LogP contribution in [0.15, 0.2) is 23.4 Å². The van der Waals surface area contributed by atoms with Crippen molar-refractivity contribution in [2.24, 2.45) is 10.9 Å². The lowest BCUT2D eigenvalue weighted by molar-refractivity contribution is 0.0768. The highest BCUT2D eigenvalue weighted by molar-refractivity contribution is 6.34. The van der Waals surface area contributed by atoms with Gasteiger partial charge in [0.25, 0.3) is 5.91 Å². The summed E-state index contributed by atoms with van der Waals surface area (Å²) in [7, 11) is 0. The van der Waals surface area contributed by atoms with E-state index >= 15 is 0 Å². The summed E-state index contributed by atoms with van der Waals surface area (Å²) in [5, 5.41) is 11.1. The van der Waals surface area contributed by atoms with Crippen LogP contribution in [0.3, 0.4) is 0 Å². The number of carbonyl (C=O) groups is 1. The van der Waals surface area contributed by atoms with E-state index in [1.165, 1.54) is 23.1 Å². The van der Waals surface area contributed by atoms with Gasteiger partial charge in [-0.1, -0.05) is 22.8 Å². The van der Waals surface area contributed by atoms with Crippen LogP contribution in [0.25, 0.3) is 0 Å². The van der Waals surface area contributed by atoms with Gasteiger partial charge in [0.05, 0.1) is 10.6 Å². The van der Waals surface area contributed by atoms with E-state index in [4.69, 9.17) is 22.5 Å². The molecule has 0 saturated carbocycles. The molecular formula is C12H15ClFN3O2. The molecule has 0 aliphatic carbocycles. The third-order valence-electron chi connectivity index (χ3n) is 2.62. The molecule has 0 aliphatic heterocycles. The predicted octanol–water partition coefficient (Wildman–Crippen LogP) is 2.08. The minimum Gasteiger partial charge on any atom is -0.409 e. The Morgan fingerprint density at radius 1 is 1.58 bits per heavy atom. The lowest BCUT2D eigenvalue weighted by Gasteiger charge is -2.21. The van der Waals surface area contributed by atoms with Gasteiger partial charge in [-0.25, -0.2) is 4.39 Å². The Bertz CT molecular complexity index is 494. The van der Waals surface area contributed by atoms with Crippen LogP contribution in [-0.4, -0.2) is 34.9 Å². The maximum atomic E-state index is 13.3. The summed E-state index contributed by atoms with van der Waals surface area (Å²) in [5.74, 6) is -1.01. The molecule has 0 saturated heterocycles. The second-order valence-corrected chi connectivity index (χ2v) is 4.21. The lowest BCUT2D eigenvalue weighted by atomic mass is 10.2. The lowest BCUT2D eigenvalue weighted by Crippen LogP contribution is -2.34. The summed E-state index contributed by atoms with van der Waals surface area (Å²) in [5.41, 5.74) is 5.44. The van der Waals surface area contributed by atoms with Gasteiger partial charge >= 0.3 is 0 Å². The molecule has 3 N–H and O–H groups in total. The fourth-order valence-corrected chi connectivity index (χ4v) is 1.75. The average Bonchev–Trinajstić information content (AvgIpc) is 2.41. The van der Waals surface area contributed by atoms with Crippen molar-refractivity contribution in [3.05, 3.63) is 34.6 Å². The van der Waals surface area contributed by atoms with Gasteiger partial charge in [0.2, 0.25) is 0 Å². The molecule has 104 valence electrons. The molecule has 0 aliphatic rings. The highest BCUT2D eigenvalue weighted by Gasteiger charge is 2.19. The Morgan fingerprint density at radius 3 is 2.84 bits per heavy atom. The topological polar surface area (TPSA) is 78.9 Å². The first kappa shape index (κ1) is 15.2. The van der Waals surface area contributed by atoms with Gasteiger partial charge in [-0.05, 0) is 19.1 Å². The number of amides is 1. The van der Waals surface area contributed by atoms with Crippen molar-refractivity contribution in [3.8, 4) is 0 Å². The number of nitrogens with two attached hydrogens (primary N) is 1. The van der Waals surface area contributed by atoms with E-state index in [0.29, 0.717) is 6.54 Å². The first-order chi connectivity index (χ1) is 9.01. The van der Waals surface area contributed by atoms with E-state index in [2.05, 4.69) is 5.16 Å². The number of amidine groups is 1. The zero-order valence-electron chi connectivity index (χ0n) is 10.4. The Hall–Kier alpha value is -1.82. The number of nitrogens with zero attached hydrogens (tertiary/aromatic N) is 2. The minimum atomic E-state index is -0.639. The molecule has 0 bridgehead atoms. The monoisotopic (exact) mass is 287 g/mol. The SMILES string of the molecule is CCN(CC/C(N)=N/O)C(=O)c1cccc(F)c1Cl. The molecule has 0 radical (unpaired) electrons. The van der Waals surface area contributed by atoms with Gasteiger partial charge in [-0.2, -0.15) is 0 Å². The molecule has 0 heterocycles. The molecule has 0 unspecified atom stereocenters. The van der Waals surface area contributed by atoms with Crippen LogP contribution < -0.4 is 5.73 Å². The third kappa shape index (κ3) is 3.82. The van der Waals surface area contributed by atoms with Crippen LogP contribution in [-0.2, 0) is 0 Å². The van der Waals surface area contributed by atoms with Gasteiger partial charge < -0.3 is 15.8 Å². The van der Waals surface area contributed by atoms with Crippen molar-refractivity contribution >= 4 is 23.3 Å². The fraction of sp³-hybridized carbons (Fsp3) is 0.333. The molecule has 0 atom stereocenters. The summed E-state index contributed by atoms with van der Waals surface area (Å²) in [6.07, 6.45) is 0.225. The standard InChI is InChI=1S/C12H15ClFN3O2/c1-2-17(7-6-10(15)16-19)12(18)8-4-3-5-9(14)11(8)13/h3-5,19H,2,6-7H2,1H3,(H2,15,16). The number of carbonyl (C=O) groups excluding carboxylic acids is 1. The summed E-state index contributed by atoms with van der Waals surface area (Å²) in [6, 6.07) is 4.07. The van der Waals surface area contributed by atoms with Crippen molar-refractivity contribution in [1.29, 1.82) is 0 Å². The van der Waals surface area contributed by atoms with E-state index in [1.807, 2.05) is 0 Å². The van der Waals surface area contributed by atoms with E-state index in [9.17, 15) is 9.18 Å². The highest BCUT2D eigenvalue weighted by atomic mass is 35.5.